The Morgan fingerprint density at radius 1 is 0.969 bits per heavy atom. The van der Waals surface area contributed by atoms with E-state index in [1.165, 1.54) is 0 Å². The number of benzene rings is 1. The first-order valence-corrected chi connectivity index (χ1v) is 9.79. The zero-order valence-electron chi connectivity index (χ0n) is 17.2. The number of H-pyrrole nitrogens is 1. The zero-order chi connectivity index (χ0) is 23.8. The summed E-state index contributed by atoms with van der Waals surface area (Å²) in [5, 5.41) is 14.8. The first-order chi connectivity index (χ1) is 15.1. The number of fused-ring (bicyclic) bond motifs is 1. The Morgan fingerprint density at radius 3 is 2.25 bits per heavy atom. The molecule has 12 nitrogen and oxygen atoms in total. The minimum atomic E-state index is -1.56. The van der Waals surface area contributed by atoms with E-state index in [2.05, 4.69) is 15.6 Å². The van der Waals surface area contributed by atoms with E-state index in [9.17, 15) is 29.1 Å². The van der Waals surface area contributed by atoms with Crippen LogP contribution in [0.2, 0.25) is 0 Å². The lowest BCUT2D eigenvalue weighted by Gasteiger charge is -2.22. The molecule has 0 fully saturated rings. The van der Waals surface area contributed by atoms with Gasteiger partial charge in [0.2, 0.25) is 23.6 Å². The van der Waals surface area contributed by atoms with Crippen molar-refractivity contribution in [3.05, 3.63) is 36.0 Å². The monoisotopic (exact) mass is 446 g/mol. The van der Waals surface area contributed by atoms with Crippen LogP contribution in [0.5, 0.6) is 0 Å². The van der Waals surface area contributed by atoms with Crippen LogP contribution in [0.4, 0.5) is 0 Å². The van der Waals surface area contributed by atoms with Crippen LogP contribution < -0.4 is 27.8 Å². The van der Waals surface area contributed by atoms with Gasteiger partial charge in [0.05, 0.1) is 12.5 Å². The van der Waals surface area contributed by atoms with Crippen molar-refractivity contribution in [3.8, 4) is 0 Å². The molecule has 10 N–H and O–H groups in total. The number of hydrogen-bond donors (Lipinski definition) is 7. The molecule has 1 heterocycles. The fourth-order valence-corrected chi connectivity index (χ4v) is 3.11. The minimum Gasteiger partial charge on any atom is -0.480 e. The van der Waals surface area contributed by atoms with E-state index in [1.54, 1.807) is 12.3 Å². The molecule has 0 spiro atoms. The Hall–Kier alpha value is -3.93. The Morgan fingerprint density at radius 2 is 1.62 bits per heavy atom. The lowest BCUT2D eigenvalue weighted by atomic mass is 10.0. The molecule has 32 heavy (non-hydrogen) atoms. The number of nitrogens with two attached hydrogens (primary N) is 3. The number of para-hydroxylation sites is 1. The van der Waals surface area contributed by atoms with Crippen LogP contribution in [0.3, 0.4) is 0 Å². The third-order valence-corrected chi connectivity index (χ3v) is 4.79. The number of aromatic nitrogens is 1. The summed E-state index contributed by atoms with van der Waals surface area (Å²) in [5.41, 5.74) is 17.4. The molecule has 2 aromatic rings. The number of carbonyl (C=O) groups is 5. The van der Waals surface area contributed by atoms with E-state index >= 15 is 0 Å². The molecule has 4 amide bonds. The van der Waals surface area contributed by atoms with Crippen LogP contribution in [-0.2, 0) is 30.4 Å². The van der Waals surface area contributed by atoms with Crippen molar-refractivity contribution in [2.24, 2.45) is 17.2 Å². The van der Waals surface area contributed by atoms with Gasteiger partial charge in [0.25, 0.3) is 0 Å². The van der Waals surface area contributed by atoms with E-state index in [1.807, 2.05) is 18.2 Å². The molecule has 0 saturated carbocycles. The van der Waals surface area contributed by atoms with E-state index in [-0.39, 0.29) is 19.3 Å². The van der Waals surface area contributed by atoms with Gasteiger partial charge in [-0.3, -0.25) is 19.2 Å². The molecule has 0 aliphatic rings. The van der Waals surface area contributed by atoms with E-state index < -0.39 is 54.1 Å². The summed E-state index contributed by atoms with van der Waals surface area (Å²) in [6.07, 6.45) is 0.914. The quantitative estimate of drug-likeness (QED) is 0.198. The first kappa shape index (κ1) is 24.3. The van der Waals surface area contributed by atoms with Crippen LogP contribution >= 0.6 is 0 Å². The molecule has 1 aromatic carbocycles. The van der Waals surface area contributed by atoms with Crippen molar-refractivity contribution >= 4 is 40.5 Å². The zero-order valence-corrected chi connectivity index (χ0v) is 17.2. The summed E-state index contributed by atoms with van der Waals surface area (Å²) in [7, 11) is 0. The molecule has 0 saturated heterocycles. The Bertz CT molecular complexity index is 1020. The molecule has 0 aliphatic heterocycles. The number of aromatic amines is 1. The third-order valence-electron chi connectivity index (χ3n) is 4.79. The molecule has 0 radical (unpaired) electrons. The maximum Gasteiger partial charge on any atom is 0.326 e. The van der Waals surface area contributed by atoms with E-state index in [4.69, 9.17) is 17.2 Å². The highest BCUT2D eigenvalue weighted by Gasteiger charge is 2.29. The molecule has 1 aromatic heterocycles. The molecule has 0 bridgehead atoms. The van der Waals surface area contributed by atoms with E-state index in [0.717, 1.165) is 10.9 Å². The molecule has 12 heteroatoms. The molecule has 3 atom stereocenters. The average Bonchev–Trinajstić information content (AvgIpc) is 3.13. The fourth-order valence-electron chi connectivity index (χ4n) is 3.11. The highest BCUT2D eigenvalue weighted by molar-refractivity contribution is 5.94. The number of aliphatic carboxylic acids is 1. The van der Waals surface area contributed by atoms with Crippen molar-refractivity contribution in [1.82, 2.24) is 15.6 Å². The van der Waals surface area contributed by atoms with Gasteiger partial charge in [-0.2, -0.15) is 0 Å². The molecule has 0 aliphatic carbocycles. The van der Waals surface area contributed by atoms with Crippen molar-refractivity contribution < 1.29 is 29.1 Å². The smallest absolute Gasteiger partial charge is 0.326 e. The van der Waals surface area contributed by atoms with Gasteiger partial charge >= 0.3 is 5.97 Å². The highest BCUT2D eigenvalue weighted by Crippen LogP contribution is 2.19. The van der Waals surface area contributed by atoms with Gasteiger partial charge in [-0.05, 0) is 18.1 Å². The second kappa shape index (κ2) is 10.9. The maximum absolute atomic E-state index is 12.9. The maximum atomic E-state index is 12.9. The molecule has 172 valence electrons. The molecular formula is C20H26N6O6. The predicted octanol–water partition coefficient (Wildman–Crippen LogP) is -1.77. The van der Waals surface area contributed by atoms with Crippen molar-refractivity contribution in [3.63, 3.8) is 0 Å². The topological polar surface area (TPSA) is 223 Å². The first-order valence-electron chi connectivity index (χ1n) is 9.79. The number of nitrogens with one attached hydrogen (secondary N) is 3. The van der Waals surface area contributed by atoms with Crippen molar-refractivity contribution in [2.75, 3.05) is 0 Å². The second-order valence-corrected chi connectivity index (χ2v) is 7.31. The van der Waals surface area contributed by atoms with Crippen LogP contribution in [0, 0.1) is 0 Å². The summed E-state index contributed by atoms with van der Waals surface area (Å²) in [4.78, 5) is 61.9. The molecular weight excluding hydrogens is 420 g/mol. The van der Waals surface area contributed by atoms with Crippen LogP contribution in [0.15, 0.2) is 30.5 Å². The predicted molar refractivity (Wildman–Crippen MR) is 114 cm³/mol. The second-order valence-electron chi connectivity index (χ2n) is 7.31. The van der Waals surface area contributed by atoms with Gasteiger partial charge in [0.15, 0.2) is 0 Å². The van der Waals surface area contributed by atoms with Crippen molar-refractivity contribution in [2.45, 2.75) is 43.8 Å². The number of primary amides is 2. The van der Waals surface area contributed by atoms with Gasteiger partial charge in [0.1, 0.15) is 12.1 Å². The van der Waals surface area contributed by atoms with Crippen molar-refractivity contribution in [1.29, 1.82) is 0 Å². The van der Waals surface area contributed by atoms with Gasteiger partial charge < -0.3 is 37.9 Å². The van der Waals surface area contributed by atoms with Gasteiger partial charge in [0, 0.05) is 29.9 Å². The Balaban J connectivity index is 2.23. The number of rotatable bonds is 12. The Kier molecular flexibility index (Phi) is 8.30. The number of carboxylic acids is 1. The number of hydrogen-bond acceptors (Lipinski definition) is 6. The Labute approximate surface area is 182 Å². The van der Waals surface area contributed by atoms with Crippen LogP contribution in [0.1, 0.15) is 24.8 Å². The number of carboxylic acid groups (broad SMARTS) is 1. The van der Waals surface area contributed by atoms with E-state index in [0.29, 0.717) is 5.56 Å². The summed E-state index contributed by atoms with van der Waals surface area (Å²) < 4.78 is 0. The molecule has 3 unspecified atom stereocenters. The van der Waals surface area contributed by atoms with Crippen LogP contribution in [-0.4, -0.2) is 57.8 Å². The average molecular weight is 446 g/mol. The van der Waals surface area contributed by atoms with Gasteiger partial charge in [-0.25, -0.2) is 4.79 Å². The standard InChI is InChI=1S/C20H26N6O6/c21-12(5-6-16(22)27)18(29)25-14(19(30)26-15(20(31)32)8-17(23)28)7-10-9-24-13-4-2-1-3-11(10)13/h1-4,9,12,14-15,24H,5-8,21H2,(H2,22,27)(H2,23,28)(H,25,29)(H,26,30)(H,31,32). The normalized spacial score (nSPS) is 13.7. The summed E-state index contributed by atoms with van der Waals surface area (Å²) in [6, 6.07) is 3.40. The highest BCUT2D eigenvalue weighted by atomic mass is 16.4. The lowest BCUT2D eigenvalue weighted by molar-refractivity contribution is -0.143. The number of amides is 4. The third kappa shape index (κ3) is 6.80. The SMILES string of the molecule is NC(=O)CCC(N)C(=O)NC(Cc1c[nH]c2ccccc12)C(=O)NC(CC(N)=O)C(=O)O. The van der Waals surface area contributed by atoms with Gasteiger partial charge in [-0.1, -0.05) is 18.2 Å². The van der Waals surface area contributed by atoms with Crippen LogP contribution in [0.25, 0.3) is 10.9 Å². The fraction of sp³-hybridized carbons (Fsp3) is 0.350. The minimum absolute atomic E-state index is 0.00698. The largest absolute Gasteiger partial charge is 0.480 e. The molecule has 2 rings (SSSR count). The summed E-state index contributed by atoms with van der Waals surface area (Å²) >= 11 is 0. The summed E-state index contributed by atoms with van der Waals surface area (Å²) in [5.74, 6) is -4.54. The number of carbonyl (C=O) groups excluding carboxylic acids is 4. The summed E-state index contributed by atoms with van der Waals surface area (Å²) in [6.45, 7) is 0. The van der Waals surface area contributed by atoms with Gasteiger partial charge in [-0.15, -0.1) is 0 Å². The lowest BCUT2D eigenvalue weighted by Crippen LogP contribution is -2.55.